The van der Waals surface area contributed by atoms with Gasteiger partial charge in [-0.15, -0.1) is 0 Å². The molecule has 0 unspecified atom stereocenters. The summed E-state index contributed by atoms with van der Waals surface area (Å²) < 4.78 is 0. The van der Waals surface area contributed by atoms with Gasteiger partial charge in [-0.25, -0.2) is 0 Å². The van der Waals surface area contributed by atoms with E-state index in [1.165, 1.54) is 6.21 Å². The summed E-state index contributed by atoms with van der Waals surface area (Å²) in [5.41, 5.74) is 2.33. The molecule has 0 spiro atoms. The zero-order chi connectivity index (χ0) is 16.5. The molecule has 0 aliphatic carbocycles. The molecule has 22 heavy (non-hydrogen) atoms. The van der Waals surface area contributed by atoms with Crippen LogP contribution in [0.4, 0.5) is 11.4 Å². The van der Waals surface area contributed by atoms with E-state index in [2.05, 4.69) is 24.1 Å². The number of anilines is 2. The van der Waals surface area contributed by atoms with Crippen LogP contribution in [0.3, 0.4) is 0 Å². The molecule has 1 aliphatic rings. The largest absolute Gasteiger partial charge is 0.387 e. The third kappa shape index (κ3) is 3.04. The number of hydrogen-bond donors (Lipinski definition) is 2. The first-order valence-corrected chi connectivity index (χ1v) is 7.73. The Kier molecular flexibility index (Phi) is 4.66. The Hall–Kier alpha value is -1.75. The number of amides is 1. The van der Waals surface area contributed by atoms with Crippen LogP contribution in [0.2, 0.25) is 5.02 Å². The summed E-state index contributed by atoms with van der Waals surface area (Å²) in [5.74, 6) is 0.0962. The molecule has 6 heteroatoms. The topological polar surface area (TPSA) is 59.4 Å². The lowest BCUT2D eigenvalue weighted by molar-refractivity contribution is -0.134. The van der Waals surface area contributed by atoms with E-state index in [0.29, 0.717) is 18.1 Å². The molecule has 1 fully saturated rings. The van der Waals surface area contributed by atoms with E-state index in [-0.39, 0.29) is 11.4 Å². The monoisotopic (exact) mass is 322 g/mol. The quantitative estimate of drug-likeness (QED) is 0.841. The van der Waals surface area contributed by atoms with Gasteiger partial charge in [-0.2, -0.15) is 0 Å². The second-order valence-electron chi connectivity index (χ2n) is 6.19. The molecule has 120 valence electrons. The summed E-state index contributed by atoms with van der Waals surface area (Å²) in [4.78, 5) is 15.9. The van der Waals surface area contributed by atoms with Crippen LogP contribution < -0.4 is 10.2 Å². The lowest BCUT2D eigenvalue weighted by Crippen LogP contribution is -2.60. The van der Waals surface area contributed by atoms with Crippen LogP contribution in [0.25, 0.3) is 0 Å². The molecule has 2 rings (SSSR count). The Bertz CT molecular complexity index is 600. The zero-order valence-corrected chi connectivity index (χ0v) is 14.3. The molecule has 0 saturated carbocycles. The van der Waals surface area contributed by atoms with Crippen molar-refractivity contribution in [3.63, 3.8) is 0 Å². The first kappa shape index (κ1) is 16.6. The smallest absolute Gasteiger partial charge is 0.220 e. The molecule has 1 aromatic rings. The zero-order valence-electron chi connectivity index (χ0n) is 13.5. The van der Waals surface area contributed by atoms with Crippen LogP contribution >= 0.6 is 11.6 Å². The number of rotatable bonds is 3. The van der Waals surface area contributed by atoms with Crippen LogP contribution in [0, 0.1) is 5.41 Å². The lowest BCUT2D eigenvalue weighted by Gasteiger charge is -2.48. The van der Waals surface area contributed by atoms with Crippen molar-refractivity contribution >= 4 is 35.1 Å². The number of nitrogens with zero attached hydrogens (tertiary/aromatic N) is 2. The minimum Gasteiger partial charge on any atom is -0.387 e. The molecule has 5 nitrogen and oxygen atoms in total. The van der Waals surface area contributed by atoms with Gasteiger partial charge in [-0.05, 0) is 26.0 Å². The molecule has 1 amide bonds. The summed E-state index contributed by atoms with van der Waals surface area (Å²) in [6, 6.07) is 3.71. The SMILES string of the molecule is CNc1cc(Cl)cc(N2CCN(C(C)=O)C(C)(C)C2)c1C=N. The first-order valence-electron chi connectivity index (χ1n) is 7.35. The molecule has 2 N–H and O–H groups in total. The summed E-state index contributed by atoms with van der Waals surface area (Å²) in [5, 5.41) is 11.4. The number of carbonyl (C=O) groups is 1. The van der Waals surface area contributed by atoms with Crippen LogP contribution in [-0.2, 0) is 4.79 Å². The molecule has 1 aliphatic heterocycles. The van der Waals surface area contributed by atoms with Crippen molar-refractivity contribution in [2.45, 2.75) is 26.3 Å². The van der Waals surface area contributed by atoms with Crippen molar-refractivity contribution in [3.8, 4) is 0 Å². The third-order valence-electron chi connectivity index (χ3n) is 4.16. The maximum Gasteiger partial charge on any atom is 0.220 e. The second kappa shape index (κ2) is 6.16. The highest BCUT2D eigenvalue weighted by molar-refractivity contribution is 6.31. The van der Waals surface area contributed by atoms with Crippen molar-refractivity contribution in [3.05, 3.63) is 22.7 Å². The minimum absolute atomic E-state index is 0.0962. The van der Waals surface area contributed by atoms with E-state index in [0.717, 1.165) is 23.5 Å². The summed E-state index contributed by atoms with van der Waals surface area (Å²) in [6.07, 6.45) is 1.35. The van der Waals surface area contributed by atoms with Crippen molar-refractivity contribution < 1.29 is 4.79 Å². The van der Waals surface area contributed by atoms with Crippen LogP contribution in [0.15, 0.2) is 12.1 Å². The molecule has 1 aromatic carbocycles. The van der Waals surface area contributed by atoms with E-state index in [4.69, 9.17) is 17.0 Å². The molecule has 0 atom stereocenters. The van der Waals surface area contributed by atoms with Crippen molar-refractivity contribution in [1.82, 2.24) is 4.90 Å². The van der Waals surface area contributed by atoms with Crippen molar-refractivity contribution in [1.29, 1.82) is 5.41 Å². The predicted octanol–water partition coefficient (Wildman–Crippen LogP) is 2.83. The summed E-state index contributed by atoms with van der Waals surface area (Å²) >= 11 is 6.22. The molecule has 0 aromatic heterocycles. The van der Waals surface area contributed by atoms with E-state index in [9.17, 15) is 4.79 Å². The van der Waals surface area contributed by atoms with E-state index >= 15 is 0 Å². The molecular weight excluding hydrogens is 300 g/mol. The Morgan fingerprint density at radius 1 is 1.41 bits per heavy atom. The lowest BCUT2D eigenvalue weighted by atomic mass is 9.97. The number of hydrogen-bond acceptors (Lipinski definition) is 4. The molecule has 0 radical (unpaired) electrons. The molecular formula is C16H23ClN4O. The molecule has 1 saturated heterocycles. The number of carbonyl (C=O) groups excluding carboxylic acids is 1. The fourth-order valence-electron chi connectivity index (χ4n) is 3.17. The number of benzene rings is 1. The highest BCUT2D eigenvalue weighted by Gasteiger charge is 2.36. The standard InChI is InChI=1S/C16H23ClN4O/c1-11(22)21-6-5-20(10-16(21,2)3)15-8-12(17)7-14(19-4)13(15)9-18/h7-9,18-19H,5-6,10H2,1-4H3. The van der Waals surface area contributed by atoms with Crippen molar-refractivity contribution in [2.75, 3.05) is 36.9 Å². The normalized spacial score (nSPS) is 17.3. The average molecular weight is 323 g/mol. The number of nitrogens with one attached hydrogen (secondary N) is 2. The Morgan fingerprint density at radius 2 is 2.09 bits per heavy atom. The Balaban J connectivity index is 2.40. The Morgan fingerprint density at radius 3 is 2.59 bits per heavy atom. The Labute approximate surface area is 136 Å². The van der Waals surface area contributed by atoms with Gasteiger partial charge in [0.25, 0.3) is 0 Å². The molecule has 1 heterocycles. The first-order chi connectivity index (χ1) is 10.3. The van der Waals surface area contributed by atoms with Crippen LogP contribution in [-0.4, -0.2) is 49.2 Å². The highest BCUT2D eigenvalue weighted by Crippen LogP contribution is 2.33. The number of halogens is 1. The maximum absolute atomic E-state index is 11.8. The van der Waals surface area contributed by atoms with E-state index < -0.39 is 0 Å². The maximum atomic E-state index is 11.8. The van der Waals surface area contributed by atoms with Gasteiger partial charge in [0.15, 0.2) is 0 Å². The minimum atomic E-state index is -0.258. The van der Waals surface area contributed by atoms with Crippen LogP contribution in [0.5, 0.6) is 0 Å². The fraction of sp³-hybridized carbons (Fsp3) is 0.500. The van der Waals surface area contributed by atoms with Gasteiger partial charge >= 0.3 is 0 Å². The van der Waals surface area contributed by atoms with E-state index in [1.54, 1.807) is 6.92 Å². The van der Waals surface area contributed by atoms with Crippen LogP contribution in [0.1, 0.15) is 26.3 Å². The van der Waals surface area contributed by atoms with E-state index in [1.807, 2.05) is 24.1 Å². The van der Waals surface area contributed by atoms with Gasteiger partial charge in [0.05, 0.1) is 5.54 Å². The van der Waals surface area contributed by atoms with Gasteiger partial charge < -0.3 is 20.5 Å². The predicted molar refractivity (Wildman–Crippen MR) is 92.6 cm³/mol. The molecule has 0 bridgehead atoms. The highest BCUT2D eigenvalue weighted by atomic mass is 35.5. The van der Waals surface area contributed by atoms with Gasteiger partial charge in [-0.1, -0.05) is 11.6 Å². The number of piperazine rings is 1. The summed E-state index contributed by atoms with van der Waals surface area (Å²) in [6.45, 7) is 7.84. The van der Waals surface area contributed by atoms with Gasteiger partial charge in [0.2, 0.25) is 5.91 Å². The average Bonchev–Trinajstić information content (AvgIpc) is 2.44. The van der Waals surface area contributed by atoms with Gasteiger partial charge in [-0.3, -0.25) is 4.79 Å². The van der Waals surface area contributed by atoms with Gasteiger partial charge in [0, 0.05) is 61.8 Å². The summed E-state index contributed by atoms with van der Waals surface area (Å²) in [7, 11) is 1.82. The van der Waals surface area contributed by atoms with Crippen molar-refractivity contribution in [2.24, 2.45) is 0 Å². The third-order valence-corrected chi connectivity index (χ3v) is 4.38. The fourth-order valence-corrected chi connectivity index (χ4v) is 3.38. The van der Waals surface area contributed by atoms with Gasteiger partial charge in [0.1, 0.15) is 0 Å². The second-order valence-corrected chi connectivity index (χ2v) is 6.62.